The quantitative estimate of drug-likeness (QED) is 0.824. The summed E-state index contributed by atoms with van der Waals surface area (Å²) < 4.78 is 30.4. The van der Waals surface area contributed by atoms with Gasteiger partial charge in [0, 0.05) is 38.3 Å². The van der Waals surface area contributed by atoms with Crippen LogP contribution in [-0.4, -0.2) is 69.3 Å². The summed E-state index contributed by atoms with van der Waals surface area (Å²) in [6.07, 6.45) is 0. The molecule has 0 radical (unpaired) electrons. The molecule has 2 aliphatic rings. The van der Waals surface area contributed by atoms with Crippen molar-refractivity contribution in [3.8, 4) is 11.5 Å². The topological polar surface area (TPSA) is 51.2 Å². The molecule has 3 rings (SSSR count). The fourth-order valence-corrected chi connectivity index (χ4v) is 3.38. The zero-order chi connectivity index (χ0) is 17.3. The lowest BCUT2D eigenvalue weighted by Gasteiger charge is -2.29. The van der Waals surface area contributed by atoms with Crippen LogP contribution in [0.25, 0.3) is 0 Å². The molecular weight excluding hydrogens is 315 g/mol. The van der Waals surface area contributed by atoms with Crippen LogP contribution >= 0.6 is 0 Å². The lowest BCUT2D eigenvalue weighted by Crippen LogP contribution is -2.43. The minimum atomic E-state index is -0.335. The molecule has 2 saturated heterocycles. The number of nitrogens with zero attached hydrogens (tertiary/aromatic N) is 2. The molecule has 0 unspecified atom stereocenters. The predicted octanol–water partition coefficient (Wildman–Crippen LogP) is 1.13. The van der Waals surface area contributed by atoms with Gasteiger partial charge in [0.05, 0.1) is 39.4 Å². The largest absolute Gasteiger partial charge is 0.493 e. The number of fused-ring (bicyclic) bond motifs is 3. The number of hydrogen-bond donors (Lipinski definition) is 0. The van der Waals surface area contributed by atoms with E-state index in [1.54, 1.807) is 11.0 Å². The van der Waals surface area contributed by atoms with Gasteiger partial charge in [-0.3, -0.25) is 9.69 Å². The smallest absolute Gasteiger partial charge is 0.229 e. The highest BCUT2D eigenvalue weighted by atomic mass is 19.1. The Morgan fingerprint density at radius 2 is 1.92 bits per heavy atom. The SMILES string of the molecule is COc1cc(F)c(CN2C[C@@H]3COC[C@H](C2)N(C)C3=O)cc1OC. The van der Waals surface area contributed by atoms with Crippen molar-refractivity contribution < 1.29 is 23.4 Å². The standard InChI is InChI=1S/C17H23FN2O4/c1-19-13-8-20(7-12(17(19)21)9-24-10-13)6-11-4-15(22-2)16(23-3)5-14(11)18/h4-5,12-13H,6-10H2,1-3H3/t12-,13+/m1/s1. The molecule has 0 aromatic heterocycles. The fourth-order valence-electron chi connectivity index (χ4n) is 3.38. The molecule has 2 aliphatic heterocycles. The zero-order valence-electron chi connectivity index (χ0n) is 14.3. The van der Waals surface area contributed by atoms with Gasteiger partial charge in [-0.2, -0.15) is 0 Å². The predicted molar refractivity (Wildman–Crippen MR) is 85.6 cm³/mol. The molecular formula is C17H23FN2O4. The normalized spacial score (nSPS) is 24.7. The van der Waals surface area contributed by atoms with E-state index < -0.39 is 0 Å². The summed E-state index contributed by atoms with van der Waals surface area (Å²) in [6.45, 7) is 2.58. The van der Waals surface area contributed by atoms with Crippen molar-refractivity contribution in [2.24, 2.45) is 5.92 Å². The van der Waals surface area contributed by atoms with E-state index in [9.17, 15) is 9.18 Å². The molecule has 0 aliphatic carbocycles. The first-order valence-electron chi connectivity index (χ1n) is 8.00. The summed E-state index contributed by atoms with van der Waals surface area (Å²) in [5.41, 5.74) is 0.531. The van der Waals surface area contributed by atoms with E-state index in [1.807, 2.05) is 7.05 Å². The van der Waals surface area contributed by atoms with Crippen LogP contribution in [-0.2, 0) is 16.1 Å². The van der Waals surface area contributed by atoms with Gasteiger partial charge in [0.1, 0.15) is 5.82 Å². The van der Waals surface area contributed by atoms with Crippen LogP contribution in [0.15, 0.2) is 12.1 Å². The van der Waals surface area contributed by atoms with Crippen LogP contribution in [0, 0.1) is 11.7 Å². The Balaban J connectivity index is 1.82. The average molecular weight is 338 g/mol. The van der Waals surface area contributed by atoms with E-state index in [0.29, 0.717) is 49.9 Å². The van der Waals surface area contributed by atoms with Crippen molar-refractivity contribution in [3.05, 3.63) is 23.5 Å². The van der Waals surface area contributed by atoms with Crippen LogP contribution < -0.4 is 9.47 Å². The maximum absolute atomic E-state index is 14.4. The number of ether oxygens (including phenoxy) is 3. The molecule has 0 N–H and O–H groups in total. The van der Waals surface area contributed by atoms with Gasteiger partial charge in [-0.05, 0) is 6.07 Å². The summed E-state index contributed by atoms with van der Waals surface area (Å²) in [5, 5.41) is 0. The summed E-state index contributed by atoms with van der Waals surface area (Å²) in [4.78, 5) is 16.3. The van der Waals surface area contributed by atoms with Crippen LogP contribution in [0.3, 0.4) is 0 Å². The second-order valence-corrected chi connectivity index (χ2v) is 6.33. The molecule has 0 saturated carbocycles. The Kier molecular flexibility index (Phi) is 4.91. The van der Waals surface area contributed by atoms with Gasteiger partial charge in [0.25, 0.3) is 0 Å². The molecule has 2 bridgehead atoms. The van der Waals surface area contributed by atoms with E-state index in [2.05, 4.69) is 4.90 Å². The summed E-state index contributed by atoms with van der Waals surface area (Å²) in [7, 11) is 4.82. The number of methoxy groups -OCH3 is 2. The Labute approximate surface area is 141 Å². The van der Waals surface area contributed by atoms with Crippen molar-refractivity contribution in [1.82, 2.24) is 9.80 Å². The number of carbonyl (C=O) groups excluding carboxylic acids is 1. The molecule has 1 aromatic rings. The van der Waals surface area contributed by atoms with Gasteiger partial charge in [-0.25, -0.2) is 4.39 Å². The molecule has 132 valence electrons. The number of likely N-dealkylation sites (N-methyl/N-ethyl adjacent to an activating group) is 1. The third kappa shape index (κ3) is 3.18. The Morgan fingerprint density at radius 1 is 1.21 bits per heavy atom. The summed E-state index contributed by atoms with van der Waals surface area (Å²) >= 11 is 0. The van der Waals surface area contributed by atoms with Gasteiger partial charge in [-0.1, -0.05) is 0 Å². The van der Waals surface area contributed by atoms with Crippen LogP contribution in [0.4, 0.5) is 4.39 Å². The van der Waals surface area contributed by atoms with Gasteiger partial charge in [0.15, 0.2) is 11.5 Å². The molecule has 2 fully saturated rings. The lowest BCUT2D eigenvalue weighted by molar-refractivity contribution is -0.133. The van der Waals surface area contributed by atoms with E-state index in [4.69, 9.17) is 14.2 Å². The van der Waals surface area contributed by atoms with Crippen molar-refractivity contribution in [2.75, 3.05) is 47.6 Å². The van der Waals surface area contributed by atoms with Crippen LogP contribution in [0.1, 0.15) is 5.56 Å². The molecule has 7 heteroatoms. The third-order valence-electron chi connectivity index (χ3n) is 4.77. The minimum absolute atomic E-state index is 0.00629. The van der Waals surface area contributed by atoms with Gasteiger partial charge in [-0.15, -0.1) is 0 Å². The highest BCUT2D eigenvalue weighted by molar-refractivity contribution is 5.79. The third-order valence-corrected chi connectivity index (χ3v) is 4.77. The van der Waals surface area contributed by atoms with E-state index in [0.717, 1.165) is 0 Å². The molecule has 0 spiro atoms. The van der Waals surface area contributed by atoms with Crippen molar-refractivity contribution in [1.29, 1.82) is 0 Å². The van der Waals surface area contributed by atoms with Crippen LogP contribution in [0.2, 0.25) is 0 Å². The lowest BCUT2D eigenvalue weighted by atomic mass is 10.1. The second-order valence-electron chi connectivity index (χ2n) is 6.33. The first-order valence-corrected chi connectivity index (χ1v) is 8.00. The minimum Gasteiger partial charge on any atom is -0.493 e. The Bertz CT molecular complexity index is 625. The summed E-state index contributed by atoms with van der Waals surface area (Å²) in [6, 6.07) is 3.00. The Hall–Kier alpha value is -1.86. The number of benzene rings is 1. The Morgan fingerprint density at radius 3 is 2.62 bits per heavy atom. The maximum atomic E-state index is 14.4. The van der Waals surface area contributed by atoms with Crippen molar-refractivity contribution in [2.45, 2.75) is 12.6 Å². The van der Waals surface area contributed by atoms with Crippen molar-refractivity contribution >= 4 is 5.91 Å². The number of hydrogen-bond acceptors (Lipinski definition) is 5. The first kappa shape index (κ1) is 17.0. The maximum Gasteiger partial charge on any atom is 0.229 e. The van der Waals surface area contributed by atoms with Gasteiger partial charge >= 0.3 is 0 Å². The monoisotopic (exact) mass is 338 g/mol. The molecule has 1 amide bonds. The van der Waals surface area contributed by atoms with Crippen LogP contribution in [0.5, 0.6) is 11.5 Å². The van der Waals surface area contributed by atoms with E-state index >= 15 is 0 Å². The molecule has 6 nitrogen and oxygen atoms in total. The molecule has 2 heterocycles. The fraction of sp³-hybridized carbons (Fsp3) is 0.588. The average Bonchev–Trinajstić information content (AvgIpc) is 2.75. The van der Waals surface area contributed by atoms with E-state index in [-0.39, 0.29) is 23.7 Å². The molecule has 24 heavy (non-hydrogen) atoms. The zero-order valence-corrected chi connectivity index (χ0v) is 14.3. The van der Waals surface area contributed by atoms with Crippen molar-refractivity contribution in [3.63, 3.8) is 0 Å². The van der Waals surface area contributed by atoms with Gasteiger partial charge in [0.2, 0.25) is 5.91 Å². The molecule has 2 atom stereocenters. The highest BCUT2D eigenvalue weighted by Crippen LogP contribution is 2.31. The molecule has 1 aromatic carbocycles. The number of amides is 1. The van der Waals surface area contributed by atoms with Gasteiger partial charge < -0.3 is 19.1 Å². The summed E-state index contributed by atoms with van der Waals surface area (Å²) in [5.74, 6) is 0.437. The second kappa shape index (κ2) is 6.94. The van der Waals surface area contributed by atoms with E-state index in [1.165, 1.54) is 20.3 Å². The first-order chi connectivity index (χ1) is 11.5. The number of halogens is 1. The highest BCUT2D eigenvalue weighted by Gasteiger charge is 2.37. The number of carbonyl (C=O) groups is 1. The number of rotatable bonds is 4.